The van der Waals surface area contributed by atoms with Crippen molar-refractivity contribution in [2.24, 2.45) is 0 Å². The molecule has 4 nitrogen and oxygen atoms in total. The van der Waals surface area contributed by atoms with Crippen LogP contribution in [0.3, 0.4) is 0 Å². The first-order valence-corrected chi connectivity index (χ1v) is 6.82. The van der Waals surface area contributed by atoms with Crippen LogP contribution in [0.5, 0.6) is 17.2 Å². The molecule has 0 saturated heterocycles. The summed E-state index contributed by atoms with van der Waals surface area (Å²) in [7, 11) is 4.98. The molecule has 120 valence electrons. The molecule has 2 aromatic carbocycles. The molecule has 0 amide bonds. The first-order valence-electron chi connectivity index (χ1n) is 6.82. The summed E-state index contributed by atoms with van der Waals surface area (Å²) >= 11 is 0. The first kappa shape index (κ1) is 18.1. The second-order valence-electron chi connectivity index (χ2n) is 4.57. The third kappa shape index (κ3) is 4.29. The van der Waals surface area contributed by atoms with Gasteiger partial charge in [-0.3, -0.25) is 0 Å². The standard InChI is InChI=1S/C17H21NO3.ClH/c1-19-15-9-5-4-7-13(15)11-18-12-14-8-6-10-16(20-2)17(14)21-3;/h4-10,18H,11-12H2,1-3H3;1H. The highest BCUT2D eigenvalue weighted by Crippen LogP contribution is 2.30. The minimum atomic E-state index is 0. The molecule has 0 spiro atoms. The van der Waals surface area contributed by atoms with Gasteiger partial charge in [-0.1, -0.05) is 30.3 Å². The summed E-state index contributed by atoms with van der Waals surface area (Å²) in [5.41, 5.74) is 2.19. The zero-order chi connectivity index (χ0) is 15.1. The molecular formula is C17H22ClNO3. The third-order valence-electron chi connectivity index (χ3n) is 3.31. The average Bonchev–Trinajstić information content (AvgIpc) is 2.54. The maximum atomic E-state index is 5.43. The fourth-order valence-electron chi connectivity index (χ4n) is 2.27. The van der Waals surface area contributed by atoms with E-state index in [4.69, 9.17) is 14.2 Å². The van der Waals surface area contributed by atoms with Crippen LogP contribution in [0.2, 0.25) is 0 Å². The molecule has 0 saturated carbocycles. The molecule has 0 bridgehead atoms. The maximum Gasteiger partial charge on any atom is 0.165 e. The van der Waals surface area contributed by atoms with Gasteiger partial charge in [-0.15, -0.1) is 12.4 Å². The van der Waals surface area contributed by atoms with Crippen LogP contribution in [0.1, 0.15) is 11.1 Å². The zero-order valence-electron chi connectivity index (χ0n) is 13.1. The number of ether oxygens (including phenoxy) is 3. The monoisotopic (exact) mass is 323 g/mol. The molecule has 5 heteroatoms. The predicted molar refractivity (Wildman–Crippen MR) is 90.3 cm³/mol. The Bertz CT molecular complexity index is 590. The van der Waals surface area contributed by atoms with E-state index < -0.39 is 0 Å². The summed E-state index contributed by atoms with van der Waals surface area (Å²) in [5.74, 6) is 2.41. The van der Waals surface area contributed by atoms with E-state index in [1.807, 2.05) is 36.4 Å². The van der Waals surface area contributed by atoms with Gasteiger partial charge in [0.25, 0.3) is 0 Å². The Kier molecular flexibility index (Phi) is 7.57. The molecule has 22 heavy (non-hydrogen) atoms. The smallest absolute Gasteiger partial charge is 0.165 e. The van der Waals surface area contributed by atoms with Crippen molar-refractivity contribution in [2.45, 2.75) is 13.1 Å². The van der Waals surface area contributed by atoms with Crippen LogP contribution in [0.25, 0.3) is 0 Å². The van der Waals surface area contributed by atoms with Gasteiger partial charge in [0.2, 0.25) is 0 Å². The molecule has 0 radical (unpaired) electrons. The number of benzene rings is 2. The minimum absolute atomic E-state index is 0. The van der Waals surface area contributed by atoms with Crippen molar-refractivity contribution < 1.29 is 14.2 Å². The van der Waals surface area contributed by atoms with Crippen LogP contribution in [0, 0.1) is 0 Å². The van der Waals surface area contributed by atoms with Crippen LogP contribution in [0.15, 0.2) is 42.5 Å². The van der Waals surface area contributed by atoms with Crippen molar-refractivity contribution in [3.8, 4) is 17.2 Å². The van der Waals surface area contributed by atoms with Gasteiger partial charge in [-0.25, -0.2) is 0 Å². The van der Waals surface area contributed by atoms with Gasteiger partial charge in [0.15, 0.2) is 11.5 Å². The zero-order valence-corrected chi connectivity index (χ0v) is 13.9. The minimum Gasteiger partial charge on any atom is -0.496 e. The molecule has 0 unspecified atom stereocenters. The largest absolute Gasteiger partial charge is 0.496 e. The summed E-state index contributed by atoms with van der Waals surface area (Å²) in [5, 5.41) is 3.40. The second-order valence-corrected chi connectivity index (χ2v) is 4.57. The second kappa shape index (κ2) is 9.18. The summed E-state index contributed by atoms with van der Waals surface area (Å²) in [6.07, 6.45) is 0. The number of halogens is 1. The predicted octanol–water partition coefficient (Wildman–Crippen LogP) is 3.42. The van der Waals surface area contributed by atoms with E-state index in [-0.39, 0.29) is 12.4 Å². The van der Waals surface area contributed by atoms with E-state index in [0.717, 1.165) is 34.9 Å². The van der Waals surface area contributed by atoms with Crippen molar-refractivity contribution in [2.75, 3.05) is 21.3 Å². The lowest BCUT2D eigenvalue weighted by Crippen LogP contribution is -2.14. The van der Waals surface area contributed by atoms with Crippen molar-refractivity contribution in [3.05, 3.63) is 53.6 Å². The van der Waals surface area contributed by atoms with Gasteiger partial charge in [-0.2, -0.15) is 0 Å². The first-order chi connectivity index (χ1) is 10.3. The summed E-state index contributed by atoms with van der Waals surface area (Å²) in [4.78, 5) is 0. The fourth-order valence-corrected chi connectivity index (χ4v) is 2.27. The molecule has 0 atom stereocenters. The Morgan fingerprint density at radius 2 is 1.32 bits per heavy atom. The summed E-state index contributed by atoms with van der Waals surface area (Å²) < 4.78 is 16.1. The van der Waals surface area contributed by atoms with Gasteiger partial charge < -0.3 is 19.5 Å². The molecular weight excluding hydrogens is 302 g/mol. The molecule has 0 fully saturated rings. The number of rotatable bonds is 7. The Morgan fingerprint density at radius 3 is 2.00 bits per heavy atom. The summed E-state index contributed by atoms with van der Waals surface area (Å²) in [6, 6.07) is 13.9. The third-order valence-corrected chi connectivity index (χ3v) is 3.31. The van der Waals surface area contributed by atoms with Gasteiger partial charge in [0.05, 0.1) is 21.3 Å². The highest BCUT2D eigenvalue weighted by molar-refractivity contribution is 5.85. The van der Waals surface area contributed by atoms with Crippen LogP contribution in [-0.2, 0) is 13.1 Å². The molecule has 0 aliphatic rings. The Balaban J connectivity index is 0.00000242. The number of hydrogen-bond donors (Lipinski definition) is 1. The van der Waals surface area contributed by atoms with E-state index in [9.17, 15) is 0 Å². The molecule has 2 aromatic rings. The topological polar surface area (TPSA) is 39.7 Å². The van der Waals surface area contributed by atoms with Crippen LogP contribution < -0.4 is 19.5 Å². The lowest BCUT2D eigenvalue weighted by Gasteiger charge is -2.14. The van der Waals surface area contributed by atoms with Gasteiger partial charge in [0, 0.05) is 24.2 Å². The van der Waals surface area contributed by atoms with Crippen molar-refractivity contribution in [3.63, 3.8) is 0 Å². The Morgan fingerprint density at radius 1 is 0.727 bits per heavy atom. The SMILES string of the molecule is COc1ccccc1CNCc1cccc(OC)c1OC.Cl. The highest BCUT2D eigenvalue weighted by Gasteiger charge is 2.09. The quantitative estimate of drug-likeness (QED) is 0.847. The van der Waals surface area contributed by atoms with E-state index >= 15 is 0 Å². The molecule has 0 aliphatic carbocycles. The molecule has 2 rings (SSSR count). The fraction of sp³-hybridized carbons (Fsp3) is 0.294. The average molecular weight is 324 g/mol. The van der Waals surface area contributed by atoms with Crippen LogP contribution >= 0.6 is 12.4 Å². The Labute approximate surface area is 137 Å². The van der Waals surface area contributed by atoms with Crippen molar-refractivity contribution >= 4 is 12.4 Å². The lowest BCUT2D eigenvalue weighted by molar-refractivity contribution is 0.350. The molecule has 1 N–H and O–H groups in total. The molecule has 0 aliphatic heterocycles. The van der Waals surface area contributed by atoms with Gasteiger partial charge in [0.1, 0.15) is 5.75 Å². The van der Waals surface area contributed by atoms with Crippen molar-refractivity contribution in [1.29, 1.82) is 0 Å². The normalized spacial score (nSPS) is 9.77. The van der Waals surface area contributed by atoms with E-state index in [1.165, 1.54) is 0 Å². The Hall–Kier alpha value is -1.91. The number of para-hydroxylation sites is 2. The number of nitrogens with one attached hydrogen (secondary N) is 1. The molecule has 0 heterocycles. The molecule has 0 aromatic heterocycles. The highest BCUT2D eigenvalue weighted by atomic mass is 35.5. The van der Waals surface area contributed by atoms with E-state index in [0.29, 0.717) is 6.54 Å². The summed E-state index contributed by atoms with van der Waals surface area (Å²) in [6.45, 7) is 1.42. The van der Waals surface area contributed by atoms with E-state index in [2.05, 4.69) is 11.4 Å². The van der Waals surface area contributed by atoms with Crippen LogP contribution in [-0.4, -0.2) is 21.3 Å². The van der Waals surface area contributed by atoms with Crippen molar-refractivity contribution in [1.82, 2.24) is 5.32 Å². The van der Waals surface area contributed by atoms with Crippen LogP contribution in [0.4, 0.5) is 0 Å². The lowest BCUT2D eigenvalue weighted by atomic mass is 10.1. The maximum absolute atomic E-state index is 5.43. The van der Waals surface area contributed by atoms with Gasteiger partial charge in [-0.05, 0) is 12.1 Å². The van der Waals surface area contributed by atoms with Gasteiger partial charge >= 0.3 is 0 Å². The van der Waals surface area contributed by atoms with E-state index in [1.54, 1.807) is 21.3 Å². The number of methoxy groups -OCH3 is 3. The number of hydrogen-bond acceptors (Lipinski definition) is 4.